The van der Waals surface area contributed by atoms with Crippen molar-refractivity contribution in [3.8, 4) is 0 Å². The van der Waals surface area contributed by atoms with Crippen LogP contribution in [0, 0.1) is 0 Å². The lowest BCUT2D eigenvalue weighted by molar-refractivity contribution is 0.0696. The van der Waals surface area contributed by atoms with E-state index in [2.05, 4.69) is 24.3 Å². The summed E-state index contributed by atoms with van der Waals surface area (Å²) in [6.07, 6.45) is 3.78. The van der Waals surface area contributed by atoms with Crippen LogP contribution in [0.4, 0.5) is 0 Å². The van der Waals surface area contributed by atoms with E-state index in [1.54, 1.807) is 18.2 Å². The first-order valence-electron chi connectivity index (χ1n) is 6.73. The van der Waals surface area contributed by atoms with Crippen molar-refractivity contribution in [3.05, 3.63) is 83.4 Å². The molecule has 3 aromatic rings. The minimum absolute atomic E-state index is 0.314. The average Bonchev–Trinajstić information content (AvgIpc) is 2.53. The molecule has 0 amide bonds. The van der Waals surface area contributed by atoms with Gasteiger partial charge in [-0.25, -0.2) is 4.79 Å². The molecule has 21 heavy (non-hydrogen) atoms. The number of hydrogen-bond acceptors (Lipinski definition) is 1. The van der Waals surface area contributed by atoms with E-state index in [0.29, 0.717) is 11.1 Å². The van der Waals surface area contributed by atoms with Gasteiger partial charge in [0.1, 0.15) is 0 Å². The first-order valence-corrected chi connectivity index (χ1v) is 6.73. The molecule has 2 heteroatoms. The molecule has 2 nitrogen and oxygen atoms in total. The minimum Gasteiger partial charge on any atom is -0.478 e. The van der Waals surface area contributed by atoms with Crippen LogP contribution in [0.2, 0.25) is 0 Å². The Kier molecular flexibility index (Phi) is 3.52. The Hall–Kier alpha value is -2.87. The quantitative estimate of drug-likeness (QED) is 0.702. The number of fused-ring (bicyclic) bond motifs is 1. The molecule has 0 atom stereocenters. The van der Waals surface area contributed by atoms with Crippen LogP contribution in [0.1, 0.15) is 21.5 Å². The molecule has 1 N–H and O–H groups in total. The van der Waals surface area contributed by atoms with Gasteiger partial charge in [0.15, 0.2) is 0 Å². The first-order chi connectivity index (χ1) is 10.2. The highest BCUT2D eigenvalue weighted by Crippen LogP contribution is 2.18. The Balaban J connectivity index is 1.96. The van der Waals surface area contributed by atoms with Crippen LogP contribution >= 0.6 is 0 Å². The molecule has 0 saturated carbocycles. The van der Waals surface area contributed by atoms with E-state index in [1.807, 2.05) is 36.4 Å². The van der Waals surface area contributed by atoms with E-state index in [1.165, 1.54) is 10.8 Å². The van der Waals surface area contributed by atoms with Crippen LogP contribution in [0.15, 0.2) is 66.7 Å². The van der Waals surface area contributed by atoms with E-state index in [4.69, 9.17) is 0 Å². The number of benzene rings is 3. The summed E-state index contributed by atoms with van der Waals surface area (Å²) in [6.45, 7) is 0. The van der Waals surface area contributed by atoms with Crippen molar-refractivity contribution in [2.75, 3.05) is 0 Å². The average molecular weight is 274 g/mol. The van der Waals surface area contributed by atoms with Gasteiger partial charge in [-0.2, -0.15) is 0 Å². The zero-order chi connectivity index (χ0) is 14.7. The maximum atomic E-state index is 11.2. The van der Waals surface area contributed by atoms with E-state index in [9.17, 15) is 9.90 Å². The lowest BCUT2D eigenvalue weighted by Gasteiger charge is -2.01. The summed E-state index contributed by atoms with van der Waals surface area (Å²) in [4.78, 5) is 11.2. The second-order valence-corrected chi connectivity index (χ2v) is 4.83. The summed E-state index contributed by atoms with van der Waals surface area (Å²) in [5, 5.41) is 11.5. The molecule has 0 saturated heterocycles. The third kappa shape index (κ3) is 2.84. The van der Waals surface area contributed by atoms with Gasteiger partial charge in [-0.1, -0.05) is 66.7 Å². The highest BCUT2D eigenvalue weighted by Gasteiger charge is 2.05. The lowest BCUT2D eigenvalue weighted by Crippen LogP contribution is -1.98. The number of aromatic carboxylic acids is 1. The number of carbonyl (C=O) groups is 1. The Labute approximate surface area is 123 Å². The van der Waals surface area contributed by atoms with Crippen molar-refractivity contribution in [1.82, 2.24) is 0 Å². The Morgan fingerprint density at radius 1 is 0.810 bits per heavy atom. The third-order valence-corrected chi connectivity index (χ3v) is 3.42. The molecule has 0 fully saturated rings. The highest BCUT2D eigenvalue weighted by molar-refractivity contribution is 5.94. The Bertz CT molecular complexity index is 832. The number of rotatable bonds is 3. The fourth-order valence-electron chi connectivity index (χ4n) is 2.33. The second-order valence-electron chi connectivity index (χ2n) is 4.83. The molecule has 0 radical (unpaired) electrons. The second kappa shape index (κ2) is 5.63. The van der Waals surface area contributed by atoms with Crippen LogP contribution in [-0.4, -0.2) is 11.1 Å². The summed E-state index contributed by atoms with van der Waals surface area (Å²) in [6, 6.07) is 21.3. The fourth-order valence-corrected chi connectivity index (χ4v) is 2.33. The van der Waals surface area contributed by atoms with Gasteiger partial charge in [-0.3, -0.25) is 0 Å². The van der Waals surface area contributed by atoms with E-state index >= 15 is 0 Å². The van der Waals surface area contributed by atoms with Crippen LogP contribution < -0.4 is 0 Å². The third-order valence-electron chi connectivity index (χ3n) is 3.42. The van der Waals surface area contributed by atoms with E-state index < -0.39 is 5.97 Å². The summed E-state index contributed by atoms with van der Waals surface area (Å²) in [5.74, 6) is -0.909. The van der Waals surface area contributed by atoms with Gasteiger partial charge < -0.3 is 5.11 Å². The van der Waals surface area contributed by atoms with Gasteiger partial charge in [0.2, 0.25) is 0 Å². The highest BCUT2D eigenvalue weighted by atomic mass is 16.4. The normalized spacial score (nSPS) is 11.0. The van der Waals surface area contributed by atoms with Crippen molar-refractivity contribution >= 4 is 28.9 Å². The number of carboxylic acids is 1. The monoisotopic (exact) mass is 274 g/mol. The first kappa shape index (κ1) is 13.1. The van der Waals surface area contributed by atoms with Crippen LogP contribution in [0.3, 0.4) is 0 Å². The molecule has 0 bridgehead atoms. The van der Waals surface area contributed by atoms with Crippen molar-refractivity contribution in [2.24, 2.45) is 0 Å². The predicted octanol–water partition coefficient (Wildman–Crippen LogP) is 4.71. The molecule has 3 aromatic carbocycles. The lowest BCUT2D eigenvalue weighted by atomic mass is 10.0. The van der Waals surface area contributed by atoms with Gasteiger partial charge >= 0.3 is 5.97 Å². The molecule has 0 aliphatic heterocycles. The summed E-state index contributed by atoms with van der Waals surface area (Å²) >= 11 is 0. The Morgan fingerprint density at radius 2 is 1.52 bits per heavy atom. The maximum absolute atomic E-state index is 11.2. The molecule has 3 rings (SSSR count). The Morgan fingerprint density at radius 3 is 2.33 bits per heavy atom. The molecule has 0 aromatic heterocycles. The van der Waals surface area contributed by atoms with Crippen LogP contribution in [-0.2, 0) is 0 Å². The molecule has 0 aliphatic carbocycles. The molecular formula is C19H14O2. The van der Waals surface area contributed by atoms with Crippen molar-refractivity contribution in [1.29, 1.82) is 0 Å². The standard InChI is InChI=1S/C19H14O2/c20-19(21)18-8-4-3-6-16(18)12-10-14-9-11-15-5-1-2-7-17(15)13-14/h1-13H,(H,20,21). The topological polar surface area (TPSA) is 37.3 Å². The zero-order valence-corrected chi connectivity index (χ0v) is 11.4. The SMILES string of the molecule is O=C(O)c1ccccc1C=Cc1ccc2ccccc2c1. The molecule has 0 spiro atoms. The fraction of sp³-hybridized carbons (Fsp3) is 0. The molecule has 102 valence electrons. The van der Waals surface area contributed by atoms with Gasteiger partial charge in [0.25, 0.3) is 0 Å². The van der Waals surface area contributed by atoms with Gasteiger partial charge in [-0.05, 0) is 34.0 Å². The largest absolute Gasteiger partial charge is 0.478 e. The van der Waals surface area contributed by atoms with E-state index in [-0.39, 0.29) is 0 Å². The summed E-state index contributed by atoms with van der Waals surface area (Å²) in [5.41, 5.74) is 2.07. The van der Waals surface area contributed by atoms with Crippen molar-refractivity contribution < 1.29 is 9.90 Å². The number of carboxylic acid groups (broad SMARTS) is 1. The summed E-state index contributed by atoms with van der Waals surface area (Å²) in [7, 11) is 0. The molecule has 0 heterocycles. The van der Waals surface area contributed by atoms with Gasteiger partial charge in [-0.15, -0.1) is 0 Å². The minimum atomic E-state index is -0.909. The number of hydrogen-bond donors (Lipinski definition) is 1. The predicted molar refractivity (Wildman–Crippen MR) is 86.3 cm³/mol. The van der Waals surface area contributed by atoms with Crippen molar-refractivity contribution in [3.63, 3.8) is 0 Å². The van der Waals surface area contributed by atoms with E-state index in [0.717, 1.165) is 5.56 Å². The van der Waals surface area contributed by atoms with Crippen molar-refractivity contribution in [2.45, 2.75) is 0 Å². The molecule has 0 unspecified atom stereocenters. The zero-order valence-electron chi connectivity index (χ0n) is 11.4. The van der Waals surface area contributed by atoms with Gasteiger partial charge in [0.05, 0.1) is 5.56 Å². The smallest absolute Gasteiger partial charge is 0.336 e. The van der Waals surface area contributed by atoms with Crippen LogP contribution in [0.5, 0.6) is 0 Å². The molecule has 0 aliphatic rings. The maximum Gasteiger partial charge on any atom is 0.336 e. The summed E-state index contributed by atoms with van der Waals surface area (Å²) < 4.78 is 0. The van der Waals surface area contributed by atoms with Crippen LogP contribution in [0.25, 0.3) is 22.9 Å². The molecular weight excluding hydrogens is 260 g/mol. The van der Waals surface area contributed by atoms with Gasteiger partial charge in [0, 0.05) is 0 Å².